The molecule has 7 nitrogen and oxygen atoms in total. The number of carbonyl (C=O) groups excluding carboxylic acids is 1. The summed E-state index contributed by atoms with van der Waals surface area (Å²) in [5, 5.41) is 10.3. The van der Waals surface area contributed by atoms with Crippen LogP contribution in [-0.2, 0) is 19.6 Å². The number of hydrogen-bond donors (Lipinski definition) is 2. The third kappa shape index (κ3) is 5.17. The van der Waals surface area contributed by atoms with Crippen molar-refractivity contribution in [1.82, 2.24) is 9.03 Å². The van der Waals surface area contributed by atoms with E-state index in [0.29, 0.717) is 18.7 Å². The van der Waals surface area contributed by atoms with Crippen LogP contribution in [0.2, 0.25) is 0 Å². The lowest BCUT2D eigenvalue weighted by atomic mass is 10.1. The van der Waals surface area contributed by atoms with Crippen LogP contribution in [-0.4, -0.2) is 49.0 Å². The highest BCUT2D eigenvalue weighted by Crippen LogP contribution is 2.43. The Balaban J connectivity index is 2.14. The predicted molar refractivity (Wildman–Crippen MR) is 93.4 cm³/mol. The highest BCUT2D eigenvalue weighted by Gasteiger charge is 2.31. The molecule has 136 valence electrons. The smallest absolute Gasteiger partial charge is 0.302 e. The molecule has 1 aliphatic heterocycles. The quantitative estimate of drug-likeness (QED) is 0.580. The number of fused-ring (bicyclic) bond motifs is 1. The predicted octanol–water partition coefficient (Wildman–Crippen LogP) is 1.74. The molecule has 2 rings (SSSR count). The molecule has 1 unspecified atom stereocenters. The van der Waals surface area contributed by atoms with Crippen LogP contribution in [0.5, 0.6) is 0 Å². The average molecular weight is 395 g/mol. The lowest BCUT2D eigenvalue weighted by Gasteiger charge is -2.28. The van der Waals surface area contributed by atoms with E-state index in [9.17, 15) is 18.3 Å². The van der Waals surface area contributed by atoms with Gasteiger partial charge in [0.15, 0.2) is 0 Å². The van der Waals surface area contributed by atoms with Crippen molar-refractivity contribution >= 4 is 39.3 Å². The molecule has 1 aromatic rings. The fourth-order valence-corrected chi connectivity index (χ4v) is 6.62. The van der Waals surface area contributed by atoms with Crippen LogP contribution in [0.4, 0.5) is 0 Å². The molecule has 0 aliphatic carbocycles. The number of rotatable bonds is 5. The number of nitrogens with zero attached hydrogens (tertiary/aromatic N) is 1. The summed E-state index contributed by atoms with van der Waals surface area (Å²) < 4.78 is 35.2. The summed E-state index contributed by atoms with van der Waals surface area (Å²) in [6.07, 6.45) is -0.770. The number of aliphatic hydroxyl groups is 1. The van der Waals surface area contributed by atoms with E-state index < -0.39 is 21.7 Å². The van der Waals surface area contributed by atoms with Gasteiger partial charge in [0.1, 0.15) is 10.8 Å². The molecule has 0 aromatic carbocycles. The lowest BCUT2D eigenvalue weighted by molar-refractivity contribution is -0.141. The normalized spacial score (nSPS) is 19.1. The van der Waals surface area contributed by atoms with Crippen molar-refractivity contribution in [3.63, 3.8) is 0 Å². The molecule has 1 aromatic heterocycles. The summed E-state index contributed by atoms with van der Waals surface area (Å²) in [5.74, 6) is -0.351. The highest BCUT2D eigenvalue weighted by molar-refractivity contribution is 7.99. The average Bonchev–Trinajstić information content (AvgIpc) is 2.80. The van der Waals surface area contributed by atoms with Gasteiger partial charge >= 0.3 is 5.97 Å². The number of sulfonamides is 1. The van der Waals surface area contributed by atoms with Gasteiger partial charge in [0, 0.05) is 31.1 Å². The van der Waals surface area contributed by atoms with Crippen molar-refractivity contribution in [2.24, 2.45) is 0 Å². The second-order valence-corrected chi connectivity index (χ2v) is 10.8. The minimum Gasteiger partial charge on any atom is -0.464 e. The van der Waals surface area contributed by atoms with E-state index in [4.69, 9.17) is 4.74 Å². The lowest BCUT2D eigenvalue weighted by Crippen LogP contribution is -2.40. The molecule has 0 amide bonds. The molecular weight excluding hydrogens is 372 g/mol. The number of thiophene rings is 1. The Kier molecular flexibility index (Phi) is 5.99. The van der Waals surface area contributed by atoms with Gasteiger partial charge in [-0.2, -0.15) is 0 Å². The molecule has 10 heteroatoms. The highest BCUT2D eigenvalue weighted by atomic mass is 32.3. The maximum Gasteiger partial charge on any atom is 0.302 e. The Hall–Kier alpha value is -0.650. The van der Waals surface area contributed by atoms with Gasteiger partial charge in [-0.3, -0.25) is 4.79 Å². The first-order valence-electron chi connectivity index (χ1n) is 7.40. The molecule has 0 radical (unpaired) electrons. The van der Waals surface area contributed by atoms with E-state index >= 15 is 0 Å². The van der Waals surface area contributed by atoms with E-state index in [1.807, 2.05) is 4.31 Å². The van der Waals surface area contributed by atoms with E-state index in [-0.39, 0.29) is 16.8 Å². The minimum absolute atomic E-state index is 0.191. The number of esters is 1. The Morgan fingerprint density at radius 1 is 1.50 bits per heavy atom. The Bertz CT molecular complexity index is 708. The molecule has 0 saturated carbocycles. The van der Waals surface area contributed by atoms with Crippen molar-refractivity contribution < 1.29 is 23.1 Å². The van der Waals surface area contributed by atoms with Crippen molar-refractivity contribution in [3.8, 4) is 0 Å². The maximum atomic E-state index is 12.4. The zero-order valence-corrected chi connectivity index (χ0v) is 16.5. The molecule has 0 fully saturated rings. The van der Waals surface area contributed by atoms with Crippen LogP contribution in [0.15, 0.2) is 14.5 Å². The fraction of sp³-hybridized carbons (Fsp3) is 0.643. The zero-order chi connectivity index (χ0) is 18.1. The van der Waals surface area contributed by atoms with Crippen molar-refractivity contribution in [3.05, 3.63) is 11.6 Å². The van der Waals surface area contributed by atoms with Crippen LogP contribution >= 0.6 is 23.3 Å². The molecule has 1 atom stereocenters. The van der Waals surface area contributed by atoms with Gasteiger partial charge in [-0.15, -0.1) is 11.3 Å². The Morgan fingerprint density at radius 2 is 2.17 bits per heavy atom. The first kappa shape index (κ1) is 19.7. The summed E-state index contributed by atoms with van der Waals surface area (Å²) >= 11 is 2.51. The van der Waals surface area contributed by atoms with Crippen LogP contribution < -0.4 is 4.72 Å². The first-order valence-corrected chi connectivity index (χ1v) is 10.5. The maximum absolute atomic E-state index is 12.4. The van der Waals surface area contributed by atoms with E-state index in [1.54, 1.807) is 20.8 Å². The topological polar surface area (TPSA) is 95.9 Å². The van der Waals surface area contributed by atoms with Gasteiger partial charge in [0.25, 0.3) is 10.0 Å². The van der Waals surface area contributed by atoms with Gasteiger partial charge in [0.05, 0.1) is 10.3 Å². The van der Waals surface area contributed by atoms with Crippen LogP contribution in [0, 0.1) is 0 Å². The number of carbonyl (C=O) groups is 1. The molecule has 2 heterocycles. The molecular formula is C14H22N2O5S3. The van der Waals surface area contributed by atoms with Crippen LogP contribution in [0.3, 0.4) is 0 Å². The number of ether oxygens (including phenoxy) is 1. The number of aliphatic hydroxyl groups excluding tert-OH is 1. The first-order chi connectivity index (χ1) is 11.0. The number of hydrogen-bond acceptors (Lipinski definition) is 8. The molecule has 1 aliphatic rings. The summed E-state index contributed by atoms with van der Waals surface area (Å²) in [7, 11) is -3.62. The van der Waals surface area contributed by atoms with E-state index in [0.717, 1.165) is 15.5 Å². The standard InChI is InChI=1S/C14H22N2O5S3/c1-9(17)21-6-5-16-8-11(18)10-7-12(22-13(10)23-16)24(19,20)15-14(2,3)4/h7,11,15,18H,5-6,8H2,1-4H3. The molecule has 2 N–H and O–H groups in total. The van der Waals surface area contributed by atoms with Crippen molar-refractivity contribution in [2.45, 2.75) is 47.8 Å². The molecule has 0 saturated heterocycles. The van der Waals surface area contributed by atoms with Gasteiger partial charge < -0.3 is 9.84 Å². The molecule has 24 heavy (non-hydrogen) atoms. The summed E-state index contributed by atoms with van der Waals surface area (Å²) in [4.78, 5) is 10.8. The van der Waals surface area contributed by atoms with Crippen molar-refractivity contribution in [2.75, 3.05) is 19.7 Å². The van der Waals surface area contributed by atoms with Gasteiger partial charge in [-0.05, 0) is 38.8 Å². The molecule has 0 spiro atoms. The largest absolute Gasteiger partial charge is 0.464 e. The van der Waals surface area contributed by atoms with Gasteiger partial charge in [-0.1, -0.05) is 0 Å². The van der Waals surface area contributed by atoms with Crippen LogP contribution in [0.1, 0.15) is 39.4 Å². The second-order valence-electron chi connectivity index (χ2n) is 6.50. The van der Waals surface area contributed by atoms with E-state index in [2.05, 4.69) is 4.72 Å². The zero-order valence-electron chi connectivity index (χ0n) is 14.0. The minimum atomic E-state index is -3.62. The number of nitrogens with one attached hydrogen (secondary N) is 1. The van der Waals surface area contributed by atoms with Crippen LogP contribution in [0.25, 0.3) is 0 Å². The Morgan fingerprint density at radius 3 is 2.75 bits per heavy atom. The number of β-amino-alcohol motifs (C(OH)–C–C–N with tert-alkyl or cyclic N) is 1. The monoisotopic (exact) mass is 394 g/mol. The fourth-order valence-electron chi connectivity index (χ4n) is 2.13. The Labute approximate surface area is 150 Å². The summed E-state index contributed by atoms with van der Waals surface area (Å²) in [6, 6.07) is 1.54. The SMILES string of the molecule is CC(=O)OCCN1CC(O)c2cc(S(=O)(=O)NC(C)(C)C)sc2S1. The third-order valence-corrected chi connectivity index (χ3v) is 7.64. The summed E-state index contributed by atoms with van der Waals surface area (Å²) in [6.45, 7) is 7.71. The van der Waals surface area contributed by atoms with Crippen molar-refractivity contribution in [1.29, 1.82) is 0 Å². The third-order valence-electron chi connectivity index (χ3n) is 3.00. The second kappa shape index (κ2) is 7.30. The molecule has 0 bridgehead atoms. The summed E-state index contributed by atoms with van der Waals surface area (Å²) in [5.41, 5.74) is 0.0496. The van der Waals surface area contributed by atoms with Gasteiger partial charge in [0.2, 0.25) is 0 Å². The van der Waals surface area contributed by atoms with E-state index in [1.165, 1.54) is 24.9 Å². The van der Waals surface area contributed by atoms with Gasteiger partial charge in [-0.25, -0.2) is 17.4 Å².